The molecule has 0 saturated carbocycles. The molecule has 2 aromatic rings. The SMILES string of the molecule is COC(=O)C1=C(C)Nc2sc(C(C)C)cc2C1c1ccccc1[N+](=O)[O-]. The first-order valence-corrected chi connectivity index (χ1v) is 9.09. The molecule has 26 heavy (non-hydrogen) atoms. The minimum atomic E-state index is -0.538. The first-order valence-electron chi connectivity index (χ1n) is 8.28. The van der Waals surface area contributed by atoms with Gasteiger partial charge in [0, 0.05) is 22.2 Å². The summed E-state index contributed by atoms with van der Waals surface area (Å²) in [5.41, 5.74) is 2.43. The number of esters is 1. The lowest BCUT2D eigenvalue weighted by Crippen LogP contribution is -2.23. The molecular weight excluding hydrogens is 352 g/mol. The first-order chi connectivity index (χ1) is 12.3. The number of fused-ring (bicyclic) bond motifs is 1. The molecule has 0 spiro atoms. The summed E-state index contributed by atoms with van der Waals surface area (Å²) in [7, 11) is 1.32. The van der Waals surface area contributed by atoms with E-state index in [1.807, 2.05) is 6.07 Å². The summed E-state index contributed by atoms with van der Waals surface area (Å²) in [5, 5.41) is 15.8. The van der Waals surface area contributed by atoms with Crippen LogP contribution in [0.5, 0.6) is 0 Å². The van der Waals surface area contributed by atoms with Gasteiger partial charge in [0.05, 0.1) is 28.5 Å². The van der Waals surface area contributed by atoms with Crippen molar-refractivity contribution in [3.05, 3.63) is 67.7 Å². The number of benzene rings is 1. The molecule has 1 unspecified atom stereocenters. The summed E-state index contributed by atoms with van der Waals surface area (Å²) in [6.45, 7) is 5.99. The van der Waals surface area contributed by atoms with Crippen molar-refractivity contribution in [2.45, 2.75) is 32.6 Å². The van der Waals surface area contributed by atoms with Gasteiger partial charge >= 0.3 is 5.97 Å². The lowest BCUT2D eigenvalue weighted by atomic mass is 9.81. The number of nitrogens with one attached hydrogen (secondary N) is 1. The van der Waals surface area contributed by atoms with Crippen molar-refractivity contribution < 1.29 is 14.5 Å². The predicted molar refractivity (Wildman–Crippen MR) is 102 cm³/mol. The van der Waals surface area contributed by atoms with Crippen LogP contribution in [-0.2, 0) is 9.53 Å². The Morgan fingerprint density at radius 3 is 2.62 bits per heavy atom. The van der Waals surface area contributed by atoms with E-state index in [-0.39, 0.29) is 5.69 Å². The Labute approximate surface area is 155 Å². The van der Waals surface area contributed by atoms with E-state index in [9.17, 15) is 14.9 Å². The maximum absolute atomic E-state index is 12.5. The fourth-order valence-corrected chi connectivity index (χ4v) is 4.39. The molecule has 0 fully saturated rings. The number of para-hydroxylation sites is 1. The zero-order valence-electron chi connectivity index (χ0n) is 15.0. The minimum Gasteiger partial charge on any atom is -0.466 e. The van der Waals surface area contributed by atoms with Gasteiger partial charge in [0.2, 0.25) is 0 Å². The summed E-state index contributed by atoms with van der Waals surface area (Å²) in [5.74, 6) is -0.703. The summed E-state index contributed by atoms with van der Waals surface area (Å²) in [4.78, 5) is 24.8. The third-order valence-electron chi connectivity index (χ3n) is 4.50. The van der Waals surface area contributed by atoms with Crippen LogP contribution in [0.25, 0.3) is 0 Å². The molecule has 1 N–H and O–H groups in total. The standard InChI is InChI=1S/C19H20N2O4S/c1-10(2)15-9-13-17(12-7-5-6-8-14(12)21(23)24)16(19(22)25-4)11(3)20-18(13)26-15/h5-10,17,20H,1-4H3. The summed E-state index contributed by atoms with van der Waals surface area (Å²) < 4.78 is 4.98. The van der Waals surface area contributed by atoms with Crippen LogP contribution in [0.3, 0.4) is 0 Å². The number of rotatable bonds is 4. The monoisotopic (exact) mass is 372 g/mol. The smallest absolute Gasteiger partial charge is 0.336 e. The number of thiophene rings is 1. The number of allylic oxidation sites excluding steroid dienone is 1. The van der Waals surface area contributed by atoms with E-state index in [0.29, 0.717) is 22.8 Å². The third kappa shape index (κ3) is 2.99. The van der Waals surface area contributed by atoms with E-state index in [1.54, 1.807) is 36.5 Å². The van der Waals surface area contributed by atoms with Gasteiger partial charge in [-0.2, -0.15) is 0 Å². The Morgan fingerprint density at radius 2 is 2.00 bits per heavy atom. The molecule has 1 aromatic heterocycles. The van der Waals surface area contributed by atoms with Gasteiger partial charge in [-0.05, 0) is 24.5 Å². The number of carbonyl (C=O) groups is 1. The van der Waals surface area contributed by atoms with Crippen LogP contribution in [0.1, 0.15) is 48.6 Å². The maximum Gasteiger partial charge on any atom is 0.336 e. The van der Waals surface area contributed by atoms with Crippen LogP contribution < -0.4 is 5.32 Å². The van der Waals surface area contributed by atoms with Gasteiger partial charge in [0.1, 0.15) is 0 Å². The van der Waals surface area contributed by atoms with Crippen LogP contribution >= 0.6 is 11.3 Å². The lowest BCUT2D eigenvalue weighted by Gasteiger charge is -2.27. The van der Waals surface area contributed by atoms with Gasteiger partial charge in [-0.25, -0.2) is 4.79 Å². The first kappa shape index (κ1) is 18.1. The summed E-state index contributed by atoms with van der Waals surface area (Å²) in [6.07, 6.45) is 0. The van der Waals surface area contributed by atoms with Crippen molar-refractivity contribution in [1.82, 2.24) is 0 Å². The molecule has 2 heterocycles. The highest BCUT2D eigenvalue weighted by atomic mass is 32.1. The molecule has 0 amide bonds. The van der Waals surface area contributed by atoms with Crippen molar-refractivity contribution in [3.8, 4) is 0 Å². The summed E-state index contributed by atoms with van der Waals surface area (Å²) >= 11 is 1.61. The second-order valence-corrected chi connectivity index (χ2v) is 7.58. The summed E-state index contributed by atoms with van der Waals surface area (Å²) in [6, 6.07) is 8.60. The highest BCUT2D eigenvalue weighted by Crippen LogP contribution is 2.49. The Morgan fingerprint density at radius 1 is 1.31 bits per heavy atom. The number of anilines is 1. The molecule has 1 atom stereocenters. The van der Waals surface area contributed by atoms with Crippen LogP contribution in [0, 0.1) is 10.1 Å². The number of hydrogen-bond donors (Lipinski definition) is 1. The minimum absolute atomic E-state index is 0.00292. The molecule has 0 radical (unpaired) electrons. The van der Waals surface area contributed by atoms with E-state index < -0.39 is 16.8 Å². The van der Waals surface area contributed by atoms with Crippen LogP contribution in [-0.4, -0.2) is 18.0 Å². The predicted octanol–water partition coefficient (Wildman–Crippen LogP) is 4.78. The van der Waals surface area contributed by atoms with Gasteiger partial charge in [0.15, 0.2) is 0 Å². The van der Waals surface area contributed by atoms with Crippen molar-refractivity contribution in [2.24, 2.45) is 0 Å². The highest BCUT2D eigenvalue weighted by molar-refractivity contribution is 7.16. The lowest BCUT2D eigenvalue weighted by molar-refractivity contribution is -0.385. The normalized spacial score (nSPS) is 16.3. The van der Waals surface area contributed by atoms with Gasteiger partial charge in [0.25, 0.3) is 5.69 Å². The number of nitro benzene ring substituents is 1. The fraction of sp³-hybridized carbons (Fsp3) is 0.316. The van der Waals surface area contributed by atoms with E-state index >= 15 is 0 Å². The maximum atomic E-state index is 12.5. The Bertz CT molecular complexity index is 914. The van der Waals surface area contributed by atoms with Crippen molar-refractivity contribution in [3.63, 3.8) is 0 Å². The molecular formula is C19H20N2O4S. The Hall–Kier alpha value is -2.67. The number of nitrogens with zero attached hydrogens (tertiary/aromatic N) is 1. The topological polar surface area (TPSA) is 81.5 Å². The molecule has 1 aliphatic heterocycles. The molecule has 6 nitrogen and oxygen atoms in total. The molecule has 0 bridgehead atoms. The van der Waals surface area contributed by atoms with Crippen molar-refractivity contribution in [2.75, 3.05) is 12.4 Å². The van der Waals surface area contributed by atoms with E-state index in [2.05, 4.69) is 19.2 Å². The zero-order chi connectivity index (χ0) is 19.0. The van der Waals surface area contributed by atoms with E-state index in [0.717, 1.165) is 15.4 Å². The molecule has 1 aliphatic rings. The fourth-order valence-electron chi connectivity index (χ4n) is 3.23. The van der Waals surface area contributed by atoms with Crippen molar-refractivity contribution >= 4 is 28.0 Å². The van der Waals surface area contributed by atoms with Crippen LogP contribution in [0.2, 0.25) is 0 Å². The van der Waals surface area contributed by atoms with Crippen LogP contribution in [0.15, 0.2) is 41.6 Å². The molecule has 0 aliphatic carbocycles. The van der Waals surface area contributed by atoms with E-state index in [4.69, 9.17) is 4.74 Å². The number of methoxy groups -OCH3 is 1. The van der Waals surface area contributed by atoms with Gasteiger partial charge in [-0.15, -0.1) is 11.3 Å². The molecule has 1 aromatic carbocycles. The molecule has 7 heteroatoms. The average Bonchev–Trinajstić information content (AvgIpc) is 3.03. The zero-order valence-corrected chi connectivity index (χ0v) is 15.8. The molecule has 3 rings (SSSR count). The number of hydrogen-bond acceptors (Lipinski definition) is 6. The van der Waals surface area contributed by atoms with Gasteiger partial charge in [-0.1, -0.05) is 32.0 Å². The number of nitro groups is 1. The highest BCUT2D eigenvalue weighted by Gasteiger charge is 2.37. The Kier molecular flexibility index (Phi) is 4.82. The third-order valence-corrected chi connectivity index (χ3v) is 5.87. The van der Waals surface area contributed by atoms with Crippen LogP contribution in [0.4, 0.5) is 10.7 Å². The van der Waals surface area contributed by atoms with Crippen molar-refractivity contribution in [1.29, 1.82) is 0 Å². The van der Waals surface area contributed by atoms with Gasteiger partial charge < -0.3 is 10.1 Å². The molecule has 0 saturated heterocycles. The molecule has 136 valence electrons. The quantitative estimate of drug-likeness (QED) is 0.474. The number of carbonyl (C=O) groups excluding carboxylic acids is 1. The second kappa shape index (κ2) is 6.92. The second-order valence-electron chi connectivity index (χ2n) is 6.49. The largest absolute Gasteiger partial charge is 0.466 e. The van der Waals surface area contributed by atoms with E-state index in [1.165, 1.54) is 13.2 Å². The number of ether oxygens (including phenoxy) is 1. The Balaban J connectivity index is 2.28. The average molecular weight is 372 g/mol. The van der Waals surface area contributed by atoms with Gasteiger partial charge in [-0.3, -0.25) is 10.1 Å².